The van der Waals surface area contributed by atoms with Gasteiger partial charge >= 0.3 is 5.97 Å². The van der Waals surface area contributed by atoms with E-state index in [1.807, 2.05) is 18.2 Å². The molecule has 20 heavy (non-hydrogen) atoms. The molecule has 2 aromatic carbocycles. The fourth-order valence-corrected chi connectivity index (χ4v) is 2.13. The van der Waals surface area contributed by atoms with Gasteiger partial charge in [0.05, 0.1) is 13.0 Å². The van der Waals surface area contributed by atoms with Crippen molar-refractivity contribution in [2.75, 3.05) is 7.11 Å². The Balaban J connectivity index is 2.25. The third-order valence-corrected chi connectivity index (χ3v) is 3.18. The molecule has 4 nitrogen and oxygen atoms in total. The van der Waals surface area contributed by atoms with Gasteiger partial charge < -0.3 is 14.9 Å². The molecule has 0 aliphatic rings. The second-order valence-corrected chi connectivity index (χ2v) is 4.51. The van der Waals surface area contributed by atoms with Crippen LogP contribution in [0.2, 0.25) is 0 Å². The highest BCUT2D eigenvalue weighted by Crippen LogP contribution is 2.29. The molecule has 1 atom stereocenters. The average molecular weight is 272 g/mol. The number of phenols is 1. The minimum atomic E-state index is -0.883. The Kier molecular flexibility index (Phi) is 4.25. The molecule has 0 fully saturated rings. The number of benzene rings is 2. The number of phenolic OH excluding ortho intramolecular Hbond substituents is 1. The van der Waals surface area contributed by atoms with Crippen LogP contribution in [0.1, 0.15) is 17.0 Å². The second kappa shape index (κ2) is 6.10. The van der Waals surface area contributed by atoms with Crippen molar-refractivity contribution in [2.45, 2.75) is 12.3 Å². The number of carboxylic acid groups (broad SMARTS) is 1. The van der Waals surface area contributed by atoms with Gasteiger partial charge in [0, 0.05) is 0 Å². The summed E-state index contributed by atoms with van der Waals surface area (Å²) in [5.41, 5.74) is 1.50. The summed E-state index contributed by atoms with van der Waals surface area (Å²) in [6.07, 6.45) is 0.316. The Morgan fingerprint density at radius 3 is 2.45 bits per heavy atom. The maximum atomic E-state index is 11.4. The predicted octanol–water partition coefficient (Wildman–Crippen LogP) is 2.81. The van der Waals surface area contributed by atoms with Gasteiger partial charge in [0.2, 0.25) is 0 Å². The molecular formula is C16H16O4. The summed E-state index contributed by atoms with van der Waals surface area (Å²) < 4.78 is 4.97. The third kappa shape index (κ3) is 3.09. The molecule has 0 radical (unpaired) electrons. The van der Waals surface area contributed by atoms with Crippen LogP contribution in [0.4, 0.5) is 0 Å². The van der Waals surface area contributed by atoms with Crippen LogP contribution < -0.4 is 4.74 Å². The van der Waals surface area contributed by atoms with Gasteiger partial charge in [0.15, 0.2) is 11.5 Å². The van der Waals surface area contributed by atoms with Gasteiger partial charge in [-0.1, -0.05) is 36.4 Å². The normalized spacial score (nSPS) is 11.8. The maximum absolute atomic E-state index is 11.4. The van der Waals surface area contributed by atoms with Crippen LogP contribution in [-0.2, 0) is 11.2 Å². The molecule has 0 bridgehead atoms. The molecule has 0 amide bonds. The quantitative estimate of drug-likeness (QED) is 0.878. The number of ether oxygens (including phenoxy) is 1. The predicted molar refractivity (Wildman–Crippen MR) is 75.2 cm³/mol. The zero-order valence-corrected chi connectivity index (χ0v) is 11.1. The van der Waals surface area contributed by atoms with E-state index in [4.69, 9.17) is 4.74 Å². The van der Waals surface area contributed by atoms with Crippen molar-refractivity contribution in [3.63, 3.8) is 0 Å². The Hall–Kier alpha value is -2.49. The molecular weight excluding hydrogens is 256 g/mol. The Labute approximate surface area is 117 Å². The van der Waals surface area contributed by atoms with Gasteiger partial charge in [-0.25, -0.2) is 0 Å². The van der Waals surface area contributed by atoms with E-state index < -0.39 is 11.9 Å². The molecule has 0 saturated heterocycles. The number of carboxylic acids is 1. The smallest absolute Gasteiger partial charge is 0.311 e. The fraction of sp³-hybridized carbons (Fsp3) is 0.188. The van der Waals surface area contributed by atoms with Gasteiger partial charge in [-0.2, -0.15) is 0 Å². The minimum Gasteiger partial charge on any atom is -0.504 e. The number of carbonyl (C=O) groups is 1. The Morgan fingerprint density at radius 2 is 1.90 bits per heavy atom. The van der Waals surface area contributed by atoms with Crippen molar-refractivity contribution in [1.82, 2.24) is 0 Å². The highest BCUT2D eigenvalue weighted by molar-refractivity contribution is 5.76. The van der Waals surface area contributed by atoms with Crippen LogP contribution in [0.3, 0.4) is 0 Å². The second-order valence-electron chi connectivity index (χ2n) is 4.51. The van der Waals surface area contributed by atoms with E-state index in [9.17, 15) is 15.0 Å². The molecule has 2 aromatic rings. The topological polar surface area (TPSA) is 66.8 Å². The molecule has 1 unspecified atom stereocenters. The number of aliphatic carboxylic acids is 1. The molecule has 104 valence electrons. The van der Waals surface area contributed by atoms with Gasteiger partial charge in [-0.05, 0) is 29.7 Å². The first-order chi connectivity index (χ1) is 9.61. The van der Waals surface area contributed by atoms with E-state index in [0.29, 0.717) is 12.2 Å². The van der Waals surface area contributed by atoms with Crippen LogP contribution in [0.5, 0.6) is 11.5 Å². The first-order valence-corrected chi connectivity index (χ1v) is 6.25. The van der Waals surface area contributed by atoms with Gasteiger partial charge in [0.1, 0.15) is 0 Å². The van der Waals surface area contributed by atoms with Crippen molar-refractivity contribution in [3.05, 3.63) is 59.7 Å². The summed E-state index contributed by atoms with van der Waals surface area (Å²) in [5, 5.41) is 19.1. The SMILES string of the molecule is COc1ccc(CC(C(=O)O)c2ccccc2)cc1O. The number of hydrogen-bond acceptors (Lipinski definition) is 3. The standard InChI is InChI=1S/C16H16O4/c1-20-15-8-7-11(10-14(15)17)9-13(16(18)19)12-5-3-2-4-6-12/h2-8,10,13,17H,9H2,1H3,(H,18,19). The largest absolute Gasteiger partial charge is 0.504 e. The molecule has 4 heteroatoms. The van der Waals surface area contributed by atoms with E-state index in [1.165, 1.54) is 13.2 Å². The lowest BCUT2D eigenvalue weighted by Crippen LogP contribution is -2.14. The monoisotopic (exact) mass is 272 g/mol. The molecule has 2 N–H and O–H groups in total. The lowest BCUT2D eigenvalue weighted by Gasteiger charge is -2.13. The van der Waals surface area contributed by atoms with E-state index in [2.05, 4.69) is 0 Å². The van der Waals surface area contributed by atoms with Crippen LogP contribution in [0, 0.1) is 0 Å². The van der Waals surface area contributed by atoms with Crippen LogP contribution in [0.25, 0.3) is 0 Å². The summed E-state index contributed by atoms with van der Waals surface area (Å²) in [7, 11) is 1.47. The summed E-state index contributed by atoms with van der Waals surface area (Å²) >= 11 is 0. The van der Waals surface area contributed by atoms with E-state index in [1.54, 1.807) is 24.3 Å². The van der Waals surface area contributed by atoms with Crippen LogP contribution in [-0.4, -0.2) is 23.3 Å². The number of aromatic hydroxyl groups is 1. The summed E-state index contributed by atoms with van der Waals surface area (Å²) in [5.74, 6) is -1.13. The van der Waals surface area contributed by atoms with Crippen LogP contribution in [0.15, 0.2) is 48.5 Å². The minimum absolute atomic E-state index is 0.0159. The van der Waals surface area contributed by atoms with Crippen LogP contribution >= 0.6 is 0 Å². The highest BCUT2D eigenvalue weighted by atomic mass is 16.5. The van der Waals surface area contributed by atoms with E-state index >= 15 is 0 Å². The molecule has 0 aromatic heterocycles. The van der Waals surface area contributed by atoms with E-state index in [-0.39, 0.29) is 5.75 Å². The molecule has 0 aliphatic heterocycles. The summed E-state index contributed by atoms with van der Waals surface area (Å²) in [6, 6.07) is 14.0. The first-order valence-electron chi connectivity index (χ1n) is 6.25. The fourth-order valence-electron chi connectivity index (χ4n) is 2.13. The Morgan fingerprint density at radius 1 is 1.20 bits per heavy atom. The number of methoxy groups -OCH3 is 1. The first kappa shape index (κ1) is 13.9. The molecule has 0 aliphatic carbocycles. The third-order valence-electron chi connectivity index (χ3n) is 3.18. The molecule has 0 saturated carbocycles. The summed E-state index contributed by atoms with van der Waals surface area (Å²) in [4.78, 5) is 11.4. The average Bonchev–Trinajstić information content (AvgIpc) is 2.45. The van der Waals surface area contributed by atoms with Gasteiger partial charge in [-0.15, -0.1) is 0 Å². The van der Waals surface area contributed by atoms with Gasteiger partial charge in [-0.3, -0.25) is 4.79 Å². The van der Waals surface area contributed by atoms with Crippen molar-refractivity contribution < 1.29 is 19.7 Å². The molecule has 2 rings (SSSR count). The van der Waals surface area contributed by atoms with Crippen molar-refractivity contribution >= 4 is 5.97 Å². The highest BCUT2D eigenvalue weighted by Gasteiger charge is 2.20. The lowest BCUT2D eigenvalue weighted by atomic mass is 9.92. The van der Waals surface area contributed by atoms with E-state index in [0.717, 1.165) is 11.1 Å². The van der Waals surface area contributed by atoms with Crippen molar-refractivity contribution in [3.8, 4) is 11.5 Å². The molecule has 0 spiro atoms. The number of rotatable bonds is 5. The molecule has 0 heterocycles. The zero-order chi connectivity index (χ0) is 14.5. The lowest BCUT2D eigenvalue weighted by molar-refractivity contribution is -0.138. The zero-order valence-electron chi connectivity index (χ0n) is 11.1. The van der Waals surface area contributed by atoms with Gasteiger partial charge in [0.25, 0.3) is 0 Å². The Bertz CT molecular complexity index is 593. The van der Waals surface area contributed by atoms with Crippen molar-refractivity contribution in [2.24, 2.45) is 0 Å². The maximum Gasteiger partial charge on any atom is 0.311 e. The summed E-state index contributed by atoms with van der Waals surface area (Å²) in [6.45, 7) is 0. The number of hydrogen-bond donors (Lipinski definition) is 2. The van der Waals surface area contributed by atoms with Crippen molar-refractivity contribution in [1.29, 1.82) is 0 Å².